The van der Waals surface area contributed by atoms with E-state index in [2.05, 4.69) is 4.98 Å². The molecule has 1 heterocycles. The largest absolute Gasteiger partial charge is 0.398 e. The molecule has 2 aromatic rings. The molecule has 96 valence electrons. The SMILES string of the molecule is Cc1ncsc1CN(C)Cc1c(N)cccc1F. The molecule has 18 heavy (non-hydrogen) atoms. The number of hydrogen-bond acceptors (Lipinski definition) is 4. The summed E-state index contributed by atoms with van der Waals surface area (Å²) in [4.78, 5) is 7.44. The molecule has 1 aromatic carbocycles. The first-order valence-electron chi connectivity index (χ1n) is 5.68. The van der Waals surface area contributed by atoms with Crippen LogP contribution in [0.25, 0.3) is 0 Å². The van der Waals surface area contributed by atoms with Gasteiger partial charge in [-0.25, -0.2) is 9.37 Å². The Morgan fingerprint density at radius 2 is 2.17 bits per heavy atom. The molecule has 0 unspecified atom stereocenters. The molecule has 0 radical (unpaired) electrons. The zero-order valence-corrected chi connectivity index (χ0v) is 11.3. The Balaban J connectivity index is 2.08. The highest BCUT2D eigenvalue weighted by atomic mass is 32.1. The molecule has 0 amide bonds. The highest BCUT2D eigenvalue weighted by Crippen LogP contribution is 2.20. The van der Waals surface area contributed by atoms with E-state index in [1.54, 1.807) is 23.5 Å². The number of thiazole rings is 1. The van der Waals surface area contributed by atoms with Crippen molar-refractivity contribution >= 4 is 17.0 Å². The fourth-order valence-electron chi connectivity index (χ4n) is 1.79. The lowest BCUT2D eigenvalue weighted by molar-refractivity contribution is 0.316. The quantitative estimate of drug-likeness (QED) is 0.864. The summed E-state index contributed by atoms with van der Waals surface area (Å²) in [5.74, 6) is -0.247. The minimum Gasteiger partial charge on any atom is -0.398 e. The molecule has 0 saturated heterocycles. The van der Waals surface area contributed by atoms with Gasteiger partial charge >= 0.3 is 0 Å². The maximum atomic E-state index is 13.7. The van der Waals surface area contributed by atoms with Gasteiger partial charge in [0.1, 0.15) is 5.82 Å². The lowest BCUT2D eigenvalue weighted by Gasteiger charge is -2.17. The Morgan fingerprint density at radius 1 is 1.39 bits per heavy atom. The Hall–Kier alpha value is -1.46. The van der Waals surface area contributed by atoms with Crippen LogP contribution in [0, 0.1) is 12.7 Å². The minimum atomic E-state index is -0.247. The molecule has 0 aliphatic carbocycles. The van der Waals surface area contributed by atoms with Gasteiger partial charge in [0.2, 0.25) is 0 Å². The van der Waals surface area contributed by atoms with Crippen LogP contribution < -0.4 is 5.73 Å². The number of halogens is 1. The molecule has 3 nitrogen and oxygen atoms in total. The van der Waals surface area contributed by atoms with Gasteiger partial charge in [0.25, 0.3) is 0 Å². The molecule has 0 spiro atoms. The van der Waals surface area contributed by atoms with Crippen LogP contribution in [0.2, 0.25) is 0 Å². The van der Waals surface area contributed by atoms with Gasteiger partial charge in [0.15, 0.2) is 0 Å². The second-order valence-electron chi connectivity index (χ2n) is 4.34. The summed E-state index contributed by atoms with van der Waals surface area (Å²) in [5, 5.41) is 0. The van der Waals surface area contributed by atoms with E-state index in [1.165, 1.54) is 10.9 Å². The fraction of sp³-hybridized carbons (Fsp3) is 0.308. The topological polar surface area (TPSA) is 42.2 Å². The molecule has 0 aliphatic heterocycles. The van der Waals surface area contributed by atoms with Crippen molar-refractivity contribution in [3.8, 4) is 0 Å². The predicted octanol–water partition coefficient (Wildman–Crippen LogP) is 2.80. The highest BCUT2D eigenvalue weighted by molar-refractivity contribution is 7.09. The molecule has 0 aliphatic rings. The van der Waals surface area contributed by atoms with Gasteiger partial charge < -0.3 is 5.73 Å². The zero-order valence-electron chi connectivity index (χ0n) is 10.5. The fourth-order valence-corrected chi connectivity index (χ4v) is 2.65. The van der Waals surface area contributed by atoms with Crippen molar-refractivity contribution < 1.29 is 4.39 Å². The molecule has 0 saturated carbocycles. The maximum absolute atomic E-state index is 13.7. The summed E-state index contributed by atoms with van der Waals surface area (Å²) in [6.07, 6.45) is 0. The zero-order chi connectivity index (χ0) is 13.1. The van der Waals surface area contributed by atoms with Gasteiger partial charge in [-0.15, -0.1) is 11.3 Å². The second-order valence-corrected chi connectivity index (χ2v) is 5.28. The van der Waals surface area contributed by atoms with E-state index in [0.29, 0.717) is 17.8 Å². The van der Waals surface area contributed by atoms with Gasteiger partial charge in [-0.05, 0) is 26.1 Å². The van der Waals surface area contributed by atoms with E-state index in [4.69, 9.17) is 5.73 Å². The standard InChI is InChI=1S/C13H16FN3S/c1-9-13(18-8-16-9)7-17(2)6-10-11(14)4-3-5-12(10)15/h3-5,8H,6-7,15H2,1-2H3. The summed E-state index contributed by atoms with van der Waals surface area (Å²) in [5.41, 5.74) is 9.72. The second kappa shape index (κ2) is 5.46. The number of nitrogens with two attached hydrogens (primary N) is 1. The van der Waals surface area contributed by atoms with Crippen molar-refractivity contribution in [2.24, 2.45) is 0 Å². The third kappa shape index (κ3) is 2.86. The monoisotopic (exact) mass is 265 g/mol. The molecule has 1 aromatic heterocycles. The van der Waals surface area contributed by atoms with Crippen molar-refractivity contribution in [1.29, 1.82) is 0 Å². The average Bonchev–Trinajstić information content (AvgIpc) is 2.70. The minimum absolute atomic E-state index is 0.247. The van der Waals surface area contributed by atoms with Gasteiger partial charge in [0.05, 0.1) is 11.2 Å². The van der Waals surface area contributed by atoms with Gasteiger partial charge in [0, 0.05) is 29.2 Å². The molecular weight excluding hydrogens is 249 g/mol. The Labute approximate surface area is 110 Å². The average molecular weight is 265 g/mol. The normalized spacial score (nSPS) is 11.1. The molecule has 2 N–H and O–H groups in total. The van der Waals surface area contributed by atoms with Crippen LogP contribution in [0.1, 0.15) is 16.1 Å². The first kappa shape index (κ1) is 13.0. The van der Waals surface area contributed by atoms with Crippen LogP contribution in [0.5, 0.6) is 0 Å². The number of rotatable bonds is 4. The highest BCUT2D eigenvalue weighted by Gasteiger charge is 2.11. The van der Waals surface area contributed by atoms with Crippen LogP contribution >= 0.6 is 11.3 Å². The summed E-state index contributed by atoms with van der Waals surface area (Å²) in [7, 11) is 1.95. The summed E-state index contributed by atoms with van der Waals surface area (Å²) < 4.78 is 13.7. The van der Waals surface area contributed by atoms with Crippen LogP contribution in [-0.2, 0) is 13.1 Å². The number of aryl methyl sites for hydroxylation is 1. The van der Waals surface area contributed by atoms with Crippen LogP contribution in [-0.4, -0.2) is 16.9 Å². The number of aromatic nitrogens is 1. The Bertz CT molecular complexity index is 519. The van der Waals surface area contributed by atoms with Crippen LogP contribution in [0.3, 0.4) is 0 Å². The van der Waals surface area contributed by atoms with E-state index in [9.17, 15) is 4.39 Å². The smallest absolute Gasteiger partial charge is 0.129 e. The third-order valence-electron chi connectivity index (χ3n) is 2.84. The molecule has 0 atom stereocenters. The molecule has 2 rings (SSSR count). The van der Waals surface area contributed by atoms with Gasteiger partial charge in [-0.2, -0.15) is 0 Å². The van der Waals surface area contributed by atoms with E-state index < -0.39 is 0 Å². The van der Waals surface area contributed by atoms with E-state index >= 15 is 0 Å². The number of nitrogens with zero attached hydrogens (tertiary/aromatic N) is 2. The Morgan fingerprint density at radius 3 is 2.78 bits per heavy atom. The number of benzene rings is 1. The van der Waals surface area contributed by atoms with E-state index in [0.717, 1.165) is 12.2 Å². The maximum Gasteiger partial charge on any atom is 0.129 e. The van der Waals surface area contributed by atoms with Crippen molar-refractivity contribution in [2.45, 2.75) is 20.0 Å². The number of anilines is 1. The van der Waals surface area contributed by atoms with Gasteiger partial charge in [-0.3, -0.25) is 4.90 Å². The lowest BCUT2D eigenvalue weighted by atomic mass is 10.1. The summed E-state index contributed by atoms with van der Waals surface area (Å²) in [6.45, 7) is 3.23. The van der Waals surface area contributed by atoms with Crippen LogP contribution in [0.4, 0.5) is 10.1 Å². The van der Waals surface area contributed by atoms with Crippen molar-refractivity contribution in [2.75, 3.05) is 12.8 Å². The summed E-state index contributed by atoms with van der Waals surface area (Å²) in [6, 6.07) is 4.79. The molecule has 0 fully saturated rings. The van der Waals surface area contributed by atoms with Crippen molar-refractivity contribution in [3.05, 3.63) is 45.7 Å². The molecular formula is C13H16FN3S. The summed E-state index contributed by atoms with van der Waals surface area (Å²) >= 11 is 1.62. The van der Waals surface area contributed by atoms with Crippen LogP contribution in [0.15, 0.2) is 23.7 Å². The predicted molar refractivity (Wildman–Crippen MR) is 72.8 cm³/mol. The first-order valence-corrected chi connectivity index (χ1v) is 6.56. The molecule has 0 bridgehead atoms. The van der Waals surface area contributed by atoms with E-state index in [-0.39, 0.29) is 5.82 Å². The first-order chi connectivity index (χ1) is 8.58. The number of nitrogen functional groups attached to an aromatic ring is 1. The van der Waals surface area contributed by atoms with Crippen molar-refractivity contribution in [3.63, 3.8) is 0 Å². The van der Waals surface area contributed by atoms with Gasteiger partial charge in [-0.1, -0.05) is 6.07 Å². The molecule has 5 heteroatoms. The van der Waals surface area contributed by atoms with Crippen molar-refractivity contribution in [1.82, 2.24) is 9.88 Å². The Kier molecular flexibility index (Phi) is 3.93. The van der Waals surface area contributed by atoms with E-state index in [1.807, 2.05) is 24.4 Å². The third-order valence-corrected chi connectivity index (χ3v) is 3.76. The number of hydrogen-bond donors (Lipinski definition) is 1. The lowest BCUT2D eigenvalue weighted by Crippen LogP contribution is -2.19.